The maximum atomic E-state index is 12.4. The van der Waals surface area contributed by atoms with Crippen molar-refractivity contribution in [1.29, 1.82) is 0 Å². The molecule has 0 saturated heterocycles. The molecule has 0 spiro atoms. The Balaban J connectivity index is 1.42. The highest BCUT2D eigenvalue weighted by molar-refractivity contribution is 7.09. The third-order valence-corrected chi connectivity index (χ3v) is 5.42. The van der Waals surface area contributed by atoms with E-state index in [2.05, 4.69) is 9.36 Å². The van der Waals surface area contributed by atoms with Crippen LogP contribution in [-0.2, 0) is 9.53 Å². The number of hydrogen-bond acceptors (Lipinski definition) is 9. The first kappa shape index (κ1) is 22.8. The fourth-order valence-electron chi connectivity index (χ4n) is 2.99. The number of aromatic nitrogens is 2. The van der Waals surface area contributed by atoms with Crippen molar-refractivity contribution in [3.8, 4) is 33.5 Å². The molecule has 1 heterocycles. The molecule has 8 nitrogen and oxygen atoms in total. The van der Waals surface area contributed by atoms with Crippen molar-refractivity contribution < 1.29 is 28.6 Å². The number of rotatable bonds is 6. The Kier molecular flexibility index (Phi) is 6.74. The molecular weight excluding hydrogens is 456 g/mol. The molecule has 4 rings (SSSR count). The monoisotopic (exact) mass is 474 g/mol. The van der Waals surface area contributed by atoms with E-state index in [1.54, 1.807) is 48.5 Å². The average molecular weight is 474 g/mol. The SMILES string of the molecule is COC(=O)c1ccc(-c2nc(-c3ccc(OC(=O)c4ccc(OC(C)=O)cc4)cc3)ns2)cc1. The van der Waals surface area contributed by atoms with Crippen LogP contribution < -0.4 is 9.47 Å². The van der Waals surface area contributed by atoms with Gasteiger partial charge in [-0.3, -0.25) is 4.79 Å². The molecule has 0 fully saturated rings. The van der Waals surface area contributed by atoms with Crippen LogP contribution >= 0.6 is 11.5 Å². The lowest BCUT2D eigenvalue weighted by atomic mass is 10.1. The van der Waals surface area contributed by atoms with E-state index in [0.717, 1.165) is 11.1 Å². The number of methoxy groups -OCH3 is 1. The van der Waals surface area contributed by atoms with Crippen LogP contribution in [0.3, 0.4) is 0 Å². The number of carbonyl (C=O) groups is 3. The number of esters is 3. The highest BCUT2D eigenvalue weighted by atomic mass is 32.1. The lowest BCUT2D eigenvalue weighted by molar-refractivity contribution is -0.131. The van der Waals surface area contributed by atoms with Gasteiger partial charge in [-0.15, -0.1) is 0 Å². The molecule has 0 amide bonds. The van der Waals surface area contributed by atoms with Crippen molar-refractivity contribution in [3.05, 3.63) is 83.9 Å². The van der Waals surface area contributed by atoms with Crippen LogP contribution in [0.1, 0.15) is 27.6 Å². The second kappa shape index (κ2) is 10.1. The molecule has 3 aromatic carbocycles. The number of nitrogens with zero attached hydrogens (tertiary/aromatic N) is 2. The normalized spacial score (nSPS) is 10.4. The first-order valence-electron chi connectivity index (χ1n) is 10.1. The molecule has 1 aromatic heterocycles. The Morgan fingerprint density at radius 1 is 0.706 bits per heavy atom. The predicted octanol–water partition coefficient (Wildman–Crippen LogP) is 4.80. The van der Waals surface area contributed by atoms with Gasteiger partial charge in [-0.1, -0.05) is 12.1 Å². The van der Waals surface area contributed by atoms with Crippen molar-refractivity contribution >= 4 is 29.4 Å². The Hall–Kier alpha value is -4.37. The van der Waals surface area contributed by atoms with Gasteiger partial charge < -0.3 is 14.2 Å². The van der Waals surface area contributed by atoms with Crippen molar-refractivity contribution in [2.45, 2.75) is 6.92 Å². The lowest BCUT2D eigenvalue weighted by Gasteiger charge is -2.06. The van der Waals surface area contributed by atoms with Crippen LogP contribution in [0, 0.1) is 0 Å². The van der Waals surface area contributed by atoms with Gasteiger partial charge in [0.1, 0.15) is 16.5 Å². The van der Waals surface area contributed by atoms with Gasteiger partial charge in [0.15, 0.2) is 5.82 Å². The minimum absolute atomic E-state index is 0.323. The Bertz CT molecular complexity index is 1330. The highest BCUT2D eigenvalue weighted by Crippen LogP contribution is 2.27. The van der Waals surface area contributed by atoms with E-state index in [4.69, 9.17) is 14.2 Å². The highest BCUT2D eigenvalue weighted by Gasteiger charge is 2.13. The Morgan fingerprint density at radius 2 is 1.24 bits per heavy atom. The van der Waals surface area contributed by atoms with E-state index in [9.17, 15) is 14.4 Å². The fourth-order valence-corrected chi connectivity index (χ4v) is 3.68. The molecule has 0 radical (unpaired) electrons. The van der Waals surface area contributed by atoms with E-state index in [1.807, 2.05) is 0 Å². The first-order chi connectivity index (χ1) is 16.4. The summed E-state index contributed by atoms with van der Waals surface area (Å²) < 4.78 is 19.5. The van der Waals surface area contributed by atoms with Crippen molar-refractivity contribution in [2.75, 3.05) is 7.11 Å². The summed E-state index contributed by atoms with van der Waals surface area (Å²) in [7, 11) is 1.34. The van der Waals surface area contributed by atoms with Crippen LogP contribution in [0.15, 0.2) is 72.8 Å². The quantitative estimate of drug-likeness (QED) is 0.290. The Labute approximate surface area is 198 Å². The molecule has 9 heteroatoms. The lowest BCUT2D eigenvalue weighted by Crippen LogP contribution is -2.08. The molecule has 0 N–H and O–H groups in total. The Morgan fingerprint density at radius 3 is 1.85 bits per heavy atom. The van der Waals surface area contributed by atoms with Crippen LogP contribution in [0.5, 0.6) is 11.5 Å². The van der Waals surface area contributed by atoms with Crippen LogP contribution in [0.2, 0.25) is 0 Å². The van der Waals surface area contributed by atoms with Crippen LogP contribution in [0.25, 0.3) is 22.0 Å². The third kappa shape index (κ3) is 5.33. The zero-order chi connectivity index (χ0) is 24.1. The molecule has 0 aliphatic heterocycles. The summed E-state index contributed by atoms with van der Waals surface area (Å²) in [5, 5.41) is 0.708. The van der Waals surface area contributed by atoms with Gasteiger partial charge >= 0.3 is 17.9 Å². The molecule has 0 unspecified atom stereocenters. The molecule has 0 bridgehead atoms. The zero-order valence-electron chi connectivity index (χ0n) is 18.2. The summed E-state index contributed by atoms with van der Waals surface area (Å²) in [6, 6.07) is 19.9. The molecule has 4 aromatic rings. The standard InChI is InChI=1S/C25H18N2O6S/c1-15(28)32-20-13-9-19(10-14-20)25(30)33-21-11-7-16(8-12-21)22-26-23(34-27-22)17-3-5-18(6-4-17)24(29)31-2/h3-14H,1-2H3. The number of carbonyl (C=O) groups excluding carboxylic acids is 3. The van der Waals surface area contributed by atoms with Crippen molar-refractivity contribution in [1.82, 2.24) is 9.36 Å². The zero-order valence-corrected chi connectivity index (χ0v) is 19.0. The van der Waals surface area contributed by atoms with E-state index in [1.165, 1.54) is 49.8 Å². The van der Waals surface area contributed by atoms with Gasteiger partial charge in [0.2, 0.25) is 0 Å². The molecule has 0 atom stereocenters. The second-order valence-electron chi connectivity index (χ2n) is 7.02. The average Bonchev–Trinajstić information content (AvgIpc) is 3.34. The van der Waals surface area contributed by atoms with Crippen LogP contribution in [0.4, 0.5) is 0 Å². The molecule has 0 aliphatic rings. The van der Waals surface area contributed by atoms with Gasteiger partial charge in [0.05, 0.1) is 18.2 Å². The minimum Gasteiger partial charge on any atom is -0.465 e. The number of benzene rings is 3. The third-order valence-electron chi connectivity index (χ3n) is 4.65. The first-order valence-corrected chi connectivity index (χ1v) is 10.8. The minimum atomic E-state index is -0.536. The smallest absolute Gasteiger partial charge is 0.343 e. The number of hydrogen-bond donors (Lipinski definition) is 0. The number of ether oxygens (including phenoxy) is 3. The summed E-state index contributed by atoms with van der Waals surface area (Å²) in [5.74, 6) is -0.116. The molecule has 0 aliphatic carbocycles. The van der Waals surface area contributed by atoms with Gasteiger partial charge in [-0.2, -0.15) is 4.37 Å². The van der Waals surface area contributed by atoms with Gasteiger partial charge in [-0.25, -0.2) is 14.6 Å². The van der Waals surface area contributed by atoms with E-state index < -0.39 is 17.9 Å². The summed E-state index contributed by atoms with van der Waals surface area (Å²) in [6.45, 7) is 1.30. The molecule has 0 saturated carbocycles. The van der Waals surface area contributed by atoms with Gasteiger partial charge in [-0.05, 0) is 72.2 Å². The largest absolute Gasteiger partial charge is 0.465 e. The summed E-state index contributed by atoms with van der Waals surface area (Å²) >= 11 is 1.24. The maximum absolute atomic E-state index is 12.4. The van der Waals surface area contributed by atoms with Gasteiger partial charge in [0, 0.05) is 18.1 Å². The topological polar surface area (TPSA) is 105 Å². The van der Waals surface area contributed by atoms with E-state index in [0.29, 0.717) is 33.5 Å². The molecule has 170 valence electrons. The van der Waals surface area contributed by atoms with Crippen LogP contribution in [-0.4, -0.2) is 34.4 Å². The summed E-state index contributed by atoms with van der Waals surface area (Å²) in [6.07, 6.45) is 0. The molecule has 34 heavy (non-hydrogen) atoms. The fraction of sp³-hybridized carbons (Fsp3) is 0.0800. The van der Waals surface area contributed by atoms with Crippen molar-refractivity contribution in [3.63, 3.8) is 0 Å². The van der Waals surface area contributed by atoms with E-state index >= 15 is 0 Å². The predicted molar refractivity (Wildman–Crippen MR) is 125 cm³/mol. The van der Waals surface area contributed by atoms with Gasteiger partial charge in [0.25, 0.3) is 0 Å². The maximum Gasteiger partial charge on any atom is 0.343 e. The van der Waals surface area contributed by atoms with Crippen molar-refractivity contribution in [2.24, 2.45) is 0 Å². The van der Waals surface area contributed by atoms with E-state index in [-0.39, 0.29) is 0 Å². The molecular formula is C25H18N2O6S. The second-order valence-corrected chi connectivity index (χ2v) is 7.78. The summed E-state index contributed by atoms with van der Waals surface area (Å²) in [4.78, 5) is 39.5. The summed E-state index contributed by atoms with van der Waals surface area (Å²) in [5.41, 5.74) is 2.38.